The van der Waals surface area contributed by atoms with Gasteiger partial charge in [-0.25, -0.2) is 5.84 Å². The van der Waals surface area contributed by atoms with Gasteiger partial charge in [-0.05, 0) is 18.6 Å². The van der Waals surface area contributed by atoms with Crippen LogP contribution >= 0.6 is 0 Å². The van der Waals surface area contributed by atoms with Crippen molar-refractivity contribution in [2.75, 3.05) is 25.7 Å². The average Bonchev–Trinajstić information content (AvgIpc) is 2.91. The molecule has 0 aromatic carbocycles. The third-order valence-electron chi connectivity index (χ3n) is 2.81. The first-order valence-electron chi connectivity index (χ1n) is 5.37. The van der Waals surface area contributed by atoms with Gasteiger partial charge in [0.05, 0.1) is 12.6 Å². The lowest BCUT2D eigenvalue weighted by Gasteiger charge is -2.22. The van der Waals surface area contributed by atoms with E-state index in [1.165, 1.54) is 0 Å². The molecule has 1 unspecified atom stereocenters. The third kappa shape index (κ3) is 2.51. The van der Waals surface area contributed by atoms with Gasteiger partial charge in [-0.15, -0.1) is 10.2 Å². The molecule has 1 aromatic heterocycles. The summed E-state index contributed by atoms with van der Waals surface area (Å²) in [5.74, 6) is 5.44. The number of anilines is 1. The van der Waals surface area contributed by atoms with Crippen molar-refractivity contribution in [2.45, 2.75) is 12.5 Å². The van der Waals surface area contributed by atoms with Crippen LogP contribution in [-0.4, -0.2) is 47.3 Å². The molecule has 1 fully saturated rings. The Morgan fingerprint density at radius 3 is 2.94 bits per heavy atom. The molecule has 0 bridgehead atoms. The van der Waals surface area contributed by atoms with Gasteiger partial charge >= 0.3 is 0 Å². The van der Waals surface area contributed by atoms with Gasteiger partial charge in [0.1, 0.15) is 0 Å². The van der Waals surface area contributed by atoms with Crippen LogP contribution in [-0.2, 0) is 4.74 Å². The molecule has 7 heteroatoms. The van der Waals surface area contributed by atoms with Gasteiger partial charge in [0.2, 0.25) is 0 Å². The van der Waals surface area contributed by atoms with E-state index in [-0.39, 0.29) is 11.9 Å². The second kappa shape index (κ2) is 5.07. The van der Waals surface area contributed by atoms with Gasteiger partial charge in [0, 0.05) is 13.7 Å². The summed E-state index contributed by atoms with van der Waals surface area (Å²) in [7, 11) is 1.75. The summed E-state index contributed by atoms with van der Waals surface area (Å²) in [5, 5.41) is 7.58. The van der Waals surface area contributed by atoms with Crippen LogP contribution in [0.25, 0.3) is 0 Å². The van der Waals surface area contributed by atoms with E-state index in [4.69, 9.17) is 10.6 Å². The van der Waals surface area contributed by atoms with E-state index in [9.17, 15) is 4.79 Å². The van der Waals surface area contributed by atoms with Crippen molar-refractivity contribution in [3.8, 4) is 0 Å². The molecule has 1 aromatic rings. The maximum atomic E-state index is 12.0. The summed E-state index contributed by atoms with van der Waals surface area (Å²) in [5.41, 5.74) is 2.66. The van der Waals surface area contributed by atoms with Crippen LogP contribution in [0.4, 0.5) is 5.82 Å². The van der Waals surface area contributed by atoms with Gasteiger partial charge in [-0.2, -0.15) is 0 Å². The lowest BCUT2D eigenvalue weighted by Crippen LogP contribution is -2.37. The lowest BCUT2D eigenvalue weighted by atomic mass is 10.2. The van der Waals surface area contributed by atoms with Crippen molar-refractivity contribution >= 4 is 11.7 Å². The Balaban J connectivity index is 2.07. The third-order valence-corrected chi connectivity index (χ3v) is 2.81. The first-order valence-corrected chi connectivity index (χ1v) is 5.37. The number of hydrogen-bond acceptors (Lipinski definition) is 6. The quantitative estimate of drug-likeness (QED) is 0.550. The number of nitrogens with two attached hydrogens (primary N) is 1. The van der Waals surface area contributed by atoms with Gasteiger partial charge < -0.3 is 15.1 Å². The Morgan fingerprint density at radius 1 is 1.59 bits per heavy atom. The number of carbonyl (C=O) groups is 1. The number of nitrogens with zero attached hydrogens (tertiary/aromatic N) is 3. The van der Waals surface area contributed by atoms with Crippen LogP contribution < -0.4 is 11.3 Å². The van der Waals surface area contributed by atoms with Gasteiger partial charge in [-0.3, -0.25) is 4.79 Å². The Labute approximate surface area is 98.9 Å². The fourth-order valence-corrected chi connectivity index (χ4v) is 1.70. The maximum Gasteiger partial charge on any atom is 0.274 e. The predicted molar refractivity (Wildman–Crippen MR) is 61.2 cm³/mol. The zero-order valence-electron chi connectivity index (χ0n) is 9.59. The van der Waals surface area contributed by atoms with Gasteiger partial charge in [0.25, 0.3) is 5.91 Å². The SMILES string of the molecule is CN(C(=O)c1ccc(NN)nn1)C1CCOC1. The number of amides is 1. The number of hydrogen-bond donors (Lipinski definition) is 2. The van der Waals surface area contributed by atoms with Crippen molar-refractivity contribution in [3.63, 3.8) is 0 Å². The number of likely N-dealkylation sites (N-methyl/N-ethyl adjacent to an activating group) is 1. The highest BCUT2D eigenvalue weighted by atomic mass is 16.5. The Hall–Kier alpha value is -1.73. The molecule has 1 aliphatic heterocycles. The molecular formula is C10H15N5O2. The lowest BCUT2D eigenvalue weighted by molar-refractivity contribution is 0.0704. The summed E-state index contributed by atoms with van der Waals surface area (Å²) in [6.45, 7) is 1.28. The first-order chi connectivity index (χ1) is 8.22. The van der Waals surface area contributed by atoms with E-state index in [2.05, 4.69) is 15.6 Å². The molecule has 0 saturated carbocycles. The van der Waals surface area contributed by atoms with Crippen molar-refractivity contribution < 1.29 is 9.53 Å². The molecule has 17 heavy (non-hydrogen) atoms. The summed E-state index contributed by atoms with van der Waals surface area (Å²) < 4.78 is 5.24. The predicted octanol–water partition coefficient (Wildman–Crippen LogP) is -0.377. The molecule has 1 saturated heterocycles. The Morgan fingerprint density at radius 2 is 2.41 bits per heavy atom. The Bertz CT molecular complexity index is 388. The summed E-state index contributed by atoms with van der Waals surface area (Å²) >= 11 is 0. The zero-order valence-corrected chi connectivity index (χ0v) is 9.59. The second-order valence-electron chi connectivity index (χ2n) is 3.88. The van der Waals surface area contributed by atoms with E-state index < -0.39 is 0 Å². The Kier molecular flexibility index (Phi) is 3.50. The minimum absolute atomic E-state index is 0.122. The molecule has 3 N–H and O–H groups in total. The standard InChI is InChI=1S/C10H15N5O2/c1-15(7-4-5-17-6-7)10(16)8-2-3-9(12-11)14-13-8/h2-3,7H,4-6,11H2,1H3,(H,12,14). The number of carbonyl (C=O) groups excluding carboxylic acids is 1. The van der Waals surface area contributed by atoms with Crippen LogP contribution in [0.2, 0.25) is 0 Å². The molecule has 7 nitrogen and oxygen atoms in total. The minimum Gasteiger partial charge on any atom is -0.379 e. The fraction of sp³-hybridized carbons (Fsp3) is 0.500. The summed E-state index contributed by atoms with van der Waals surface area (Å²) in [6.07, 6.45) is 0.859. The number of nitrogen functional groups attached to an aromatic ring is 1. The highest BCUT2D eigenvalue weighted by Gasteiger charge is 2.25. The van der Waals surface area contributed by atoms with Crippen LogP contribution in [0.3, 0.4) is 0 Å². The molecule has 1 aliphatic rings. The van der Waals surface area contributed by atoms with Gasteiger partial charge in [-0.1, -0.05) is 0 Å². The van der Waals surface area contributed by atoms with Crippen LogP contribution in [0.1, 0.15) is 16.9 Å². The van der Waals surface area contributed by atoms with Crippen LogP contribution in [0, 0.1) is 0 Å². The van der Waals surface area contributed by atoms with E-state index in [1.807, 2.05) is 0 Å². The molecule has 1 atom stereocenters. The zero-order chi connectivity index (χ0) is 12.3. The molecule has 0 aliphatic carbocycles. The first kappa shape index (κ1) is 11.7. The monoisotopic (exact) mass is 237 g/mol. The number of ether oxygens (including phenoxy) is 1. The van der Waals surface area contributed by atoms with E-state index >= 15 is 0 Å². The van der Waals surface area contributed by atoms with Crippen molar-refractivity contribution in [1.29, 1.82) is 0 Å². The fourth-order valence-electron chi connectivity index (χ4n) is 1.70. The van der Waals surface area contributed by atoms with E-state index in [1.54, 1.807) is 24.1 Å². The number of aromatic nitrogens is 2. The van der Waals surface area contributed by atoms with Crippen molar-refractivity contribution in [3.05, 3.63) is 17.8 Å². The highest BCUT2D eigenvalue weighted by Crippen LogP contribution is 2.13. The largest absolute Gasteiger partial charge is 0.379 e. The molecule has 0 spiro atoms. The van der Waals surface area contributed by atoms with Crippen LogP contribution in [0.5, 0.6) is 0 Å². The van der Waals surface area contributed by atoms with Crippen LogP contribution in [0.15, 0.2) is 12.1 Å². The smallest absolute Gasteiger partial charge is 0.274 e. The molecule has 1 amide bonds. The minimum atomic E-state index is -0.156. The number of hydrazine groups is 1. The maximum absolute atomic E-state index is 12.0. The molecule has 92 valence electrons. The molecule has 0 radical (unpaired) electrons. The molecular weight excluding hydrogens is 222 g/mol. The second-order valence-corrected chi connectivity index (χ2v) is 3.88. The van der Waals surface area contributed by atoms with Gasteiger partial charge in [0.15, 0.2) is 11.5 Å². The van der Waals surface area contributed by atoms with E-state index in [0.717, 1.165) is 6.42 Å². The number of rotatable bonds is 3. The molecule has 2 rings (SSSR count). The topological polar surface area (TPSA) is 93.4 Å². The summed E-state index contributed by atoms with van der Waals surface area (Å²) in [4.78, 5) is 13.7. The van der Waals surface area contributed by atoms with E-state index in [0.29, 0.717) is 24.7 Å². The average molecular weight is 237 g/mol. The highest BCUT2D eigenvalue weighted by molar-refractivity contribution is 5.92. The molecule has 2 heterocycles. The van der Waals surface area contributed by atoms with Crippen molar-refractivity contribution in [1.82, 2.24) is 15.1 Å². The number of nitrogens with one attached hydrogen (secondary N) is 1. The summed E-state index contributed by atoms with van der Waals surface area (Å²) in [6, 6.07) is 3.33. The normalized spacial score (nSPS) is 19.1. The van der Waals surface area contributed by atoms with Crippen molar-refractivity contribution in [2.24, 2.45) is 5.84 Å².